The Morgan fingerprint density at radius 2 is 1.91 bits per heavy atom. The first kappa shape index (κ1) is 21.3. The largest absolute Gasteiger partial charge is 0.454 e. The molecule has 3 aromatic rings. The third-order valence-electron chi connectivity index (χ3n) is 6.53. The van der Waals surface area contributed by atoms with Gasteiger partial charge in [-0.05, 0) is 74.4 Å². The van der Waals surface area contributed by atoms with Crippen molar-refractivity contribution in [3.8, 4) is 11.5 Å². The quantitative estimate of drug-likeness (QED) is 0.647. The van der Waals surface area contributed by atoms with Crippen molar-refractivity contribution in [3.63, 3.8) is 0 Å². The Bertz CT molecular complexity index is 1240. The van der Waals surface area contributed by atoms with Gasteiger partial charge in [0, 0.05) is 18.4 Å². The molecule has 0 unspecified atom stereocenters. The van der Waals surface area contributed by atoms with Gasteiger partial charge in [-0.15, -0.1) is 0 Å². The molecule has 2 aromatic heterocycles. The van der Waals surface area contributed by atoms with Crippen LogP contribution >= 0.6 is 0 Å². The van der Waals surface area contributed by atoms with Gasteiger partial charge in [0.25, 0.3) is 11.5 Å². The fourth-order valence-electron chi connectivity index (χ4n) is 4.68. The van der Waals surface area contributed by atoms with Crippen LogP contribution in [0.3, 0.4) is 0 Å². The van der Waals surface area contributed by atoms with E-state index in [1.54, 1.807) is 17.7 Å². The number of pyridine rings is 1. The van der Waals surface area contributed by atoms with Gasteiger partial charge in [-0.3, -0.25) is 14.3 Å². The molecule has 0 bridgehead atoms. The highest BCUT2D eigenvalue weighted by Gasteiger charge is 2.26. The van der Waals surface area contributed by atoms with Crippen LogP contribution in [-0.4, -0.2) is 33.1 Å². The van der Waals surface area contributed by atoms with Gasteiger partial charge in [-0.25, -0.2) is 0 Å². The summed E-state index contributed by atoms with van der Waals surface area (Å²) in [6.07, 6.45) is 9.32. The van der Waals surface area contributed by atoms with E-state index in [1.165, 1.54) is 0 Å². The number of nitrogens with one attached hydrogen (secondary N) is 1. The lowest BCUT2D eigenvalue weighted by Crippen LogP contribution is -2.41. The number of hydrogen-bond donors (Lipinski definition) is 1. The minimum Gasteiger partial charge on any atom is -0.454 e. The number of rotatable bonds is 5. The number of aryl methyl sites for hydroxylation is 2. The first-order valence-electron chi connectivity index (χ1n) is 11.4. The van der Waals surface area contributed by atoms with Gasteiger partial charge in [0.2, 0.25) is 6.79 Å². The molecule has 1 fully saturated rings. The van der Waals surface area contributed by atoms with Crippen LogP contribution in [0.5, 0.6) is 11.5 Å². The molecule has 172 valence electrons. The molecule has 33 heavy (non-hydrogen) atoms. The second-order valence-corrected chi connectivity index (χ2v) is 8.97. The SMILES string of the molecule is Cc1cnn(C2CCC(NC(=O)c3c(C)ccn(Cc4ccc5c(c4)OCO5)c3=O)CC2)c1. The molecule has 8 nitrogen and oxygen atoms in total. The molecule has 1 N–H and O–H groups in total. The lowest BCUT2D eigenvalue weighted by Gasteiger charge is -2.29. The van der Waals surface area contributed by atoms with E-state index in [0.29, 0.717) is 29.6 Å². The number of aromatic nitrogens is 3. The van der Waals surface area contributed by atoms with E-state index >= 15 is 0 Å². The number of ether oxygens (including phenoxy) is 2. The molecular formula is C25H28N4O4. The summed E-state index contributed by atoms with van der Waals surface area (Å²) in [5.74, 6) is 1.08. The molecular weight excluding hydrogens is 420 g/mol. The number of benzene rings is 1. The Labute approximate surface area is 192 Å². The van der Waals surface area contributed by atoms with Crippen LogP contribution in [0.4, 0.5) is 0 Å². The topological polar surface area (TPSA) is 87.4 Å². The lowest BCUT2D eigenvalue weighted by molar-refractivity contribution is 0.0919. The highest BCUT2D eigenvalue weighted by molar-refractivity contribution is 5.95. The molecule has 5 rings (SSSR count). The number of hydrogen-bond acceptors (Lipinski definition) is 5. The molecule has 8 heteroatoms. The molecule has 0 radical (unpaired) electrons. The normalized spacial score (nSPS) is 19.5. The molecule has 3 heterocycles. The average molecular weight is 449 g/mol. The molecule has 2 aliphatic rings. The highest BCUT2D eigenvalue weighted by atomic mass is 16.7. The standard InChI is InChI=1S/C25H28N4O4/c1-16-12-26-29(13-16)20-6-4-19(5-7-20)27-24(30)23-17(2)9-10-28(25(23)31)14-18-3-8-21-22(11-18)33-15-32-21/h3,8-13,19-20H,4-7,14-15H2,1-2H3,(H,27,30). The fraction of sp³-hybridized carbons (Fsp3) is 0.400. The molecule has 1 saturated carbocycles. The maximum Gasteiger partial charge on any atom is 0.263 e. The summed E-state index contributed by atoms with van der Waals surface area (Å²) in [6, 6.07) is 7.86. The molecule has 1 aromatic carbocycles. The number of carbonyl (C=O) groups is 1. The van der Waals surface area contributed by atoms with Crippen LogP contribution < -0.4 is 20.3 Å². The van der Waals surface area contributed by atoms with Gasteiger partial charge in [-0.2, -0.15) is 5.10 Å². The monoisotopic (exact) mass is 448 g/mol. The predicted molar refractivity (Wildman–Crippen MR) is 123 cm³/mol. The van der Waals surface area contributed by atoms with Crippen molar-refractivity contribution in [3.05, 3.63) is 75.5 Å². The van der Waals surface area contributed by atoms with Gasteiger partial charge >= 0.3 is 0 Å². The van der Waals surface area contributed by atoms with Crippen LogP contribution in [0.15, 0.2) is 47.7 Å². The van der Waals surface area contributed by atoms with Crippen molar-refractivity contribution in [2.24, 2.45) is 0 Å². The summed E-state index contributed by atoms with van der Waals surface area (Å²) >= 11 is 0. The second-order valence-electron chi connectivity index (χ2n) is 8.97. The third kappa shape index (κ3) is 4.37. The van der Waals surface area contributed by atoms with E-state index in [9.17, 15) is 9.59 Å². The molecule has 1 aliphatic heterocycles. The maximum atomic E-state index is 13.2. The molecule has 1 amide bonds. The van der Waals surface area contributed by atoms with E-state index < -0.39 is 0 Å². The van der Waals surface area contributed by atoms with E-state index in [-0.39, 0.29) is 29.9 Å². The zero-order chi connectivity index (χ0) is 22.9. The predicted octanol–water partition coefficient (Wildman–Crippen LogP) is 3.35. The van der Waals surface area contributed by atoms with Gasteiger partial charge in [-0.1, -0.05) is 6.07 Å². The Kier molecular flexibility index (Phi) is 5.66. The first-order valence-corrected chi connectivity index (χ1v) is 11.4. The summed E-state index contributed by atoms with van der Waals surface area (Å²) in [5.41, 5.74) is 2.67. The fourth-order valence-corrected chi connectivity index (χ4v) is 4.68. The number of fused-ring (bicyclic) bond motifs is 1. The Hall–Kier alpha value is -3.55. The van der Waals surface area contributed by atoms with Crippen LogP contribution in [0.2, 0.25) is 0 Å². The van der Waals surface area contributed by atoms with Crippen LogP contribution in [0.1, 0.15) is 58.8 Å². The van der Waals surface area contributed by atoms with E-state index in [0.717, 1.165) is 36.8 Å². The smallest absolute Gasteiger partial charge is 0.263 e. The van der Waals surface area contributed by atoms with Crippen LogP contribution in [0, 0.1) is 13.8 Å². The molecule has 0 atom stereocenters. The van der Waals surface area contributed by atoms with Gasteiger partial charge in [0.1, 0.15) is 5.56 Å². The molecule has 1 aliphatic carbocycles. The van der Waals surface area contributed by atoms with E-state index in [1.807, 2.05) is 42.1 Å². The Morgan fingerprint density at radius 3 is 2.67 bits per heavy atom. The first-order chi connectivity index (χ1) is 16.0. The van der Waals surface area contributed by atoms with Gasteiger partial charge < -0.3 is 19.4 Å². The third-order valence-corrected chi connectivity index (χ3v) is 6.53. The van der Waals surface area contributed by atoms with Crippen molar-refractivity contribution in [1.29, 1.82) is 0 Å². The average Bonchev–Trinajstić information content (AvgIpc) is 3.45. The van der Waals surface area contributed by atoms with Crippen LogP contribution in [0.25, 0.3) is 0 Å². The van der Waals surface area contributed by atoms with Gasteiger partial charge in [0.15, 0.2) is 11.5 Å². The highest BCUT2D eigenvalue weighted by Crippen LogP contribution is 2.32. The number of amides is 1. The van der Waals surface area contributed by atoms with E-state index in [4.69, 9.17) is 9.47 Å². The van der Waals surface area contributed by atoms with Crippen molar-refractivity contribution in [2.75, 3.05) is 6.79 Å². The number of nitrogens with zero attached hydrogens (tertiary/aromatic N) is 3. The molecule has 0 spiro atoms. The summed E-state index contributed by atoms with van der Waals surface area (Å²) in [4.78, 5) is 26.3. The Balaban J connectivity index is 1.27. The zero-order valence-corrected chi connectivity index (χ0v) is 18.9. The van der Waals surface area contributed by atoms with Crippen molar-refractivity contribution >= 4 is 5.91 Å². The van der Waals surface area contributed by atoms with Crippen molar-refractivity contribution in [1.82, 2.24) is 19.7 Å². The van der Waals surface area contributed by atoms with E-state index in [2.05, 4.69) is 16.6 Å². The lowest BCUT2D eigenvalue weighted by atomic mass is 9.91. The second kappa shape index (κ2) is 8.77. The minimum atomic E-state index is -0.295. The van der Waals surface area contributed by atoms with Gasteiger partial charge in [0.05, 0.1) is 18.8 Å². The molecule has 0 saturated heterocycles. The number of carbonyl (C=O) groups excluding carboxylic acids is 1. The maximum absolute atomic E-state index is 13.2. The van der Waals surface area contributed by atoms with Crippen molar-refractivity contribution in [2.45, 2.75) is 58.2 Å². The summed E-state index contributed by atoms with van der Waals surface area (Å²) in [7, 11) is 0. The summed E-state index contributed by atoms with van der Waals surface area (Å²) in [5, 5.41) is 7.53. The summed E-state index contributed by atoms with van der Waals surface area (Å²) < 4.78 is 14.4. The summed E-state index contributed by atoms with van der Waals surface area (Å²) in [6.45, 7) is 4.40. The zero-order valence-electron chi connectivity index (χ0n) is 18.9. The van der Waals surface area contributed by atoms with Crippen molar-refractivity contribution < 1.29 is 14.3 Å². The Morgan fingerprint density at radius 1 is 1.12 bits per heavy atom. The minimum absolute atomic E-state index is 0.0618. The van der Waals surface area contributed by atoms with Crippen LogP contribution in [-0.2, 0) is 6.54 Å².